The third-order valence-corrected chi connectivity index (χ3v) is 2.88. The molecule has 4 nitrogen and oxygen atoms in total. The van der Waals surface area contributed by atoms with E-state index >= 15 is 0 Å². The van der Waals surface area contributed by atoms with Crippen molar-refractivity contribution in [2.45, 2.75) is 13.0 Å². The molecule has 0 aliphatic heterocycles. The normalized spacial score (nSPS) is 12.2. The number of amides is 1. The van der Waals surface area contributed by atoms with Gasteiger partial charge in [-0.25, -0.2) is 4.39 Å². The van der Waals surface area contributed by atoms with Gasteiger partial charge in [0.15, 0.2) is 0 Å². The van der Waals surface area contributed by atoms with Gasteiger partial charge in [0.25, 0.3) is 0 Å². The van der Waals surface area contributed by atoms with Crippen LogP contribution in [0.4, 0.5) is 4.39 Å². The van der Waals surface area contributed by atoms with Crippen LogP contribution in [0, 0.1) is 5.82 Å². The van der Waals surface area contributed by atoms with Crippen molar-refractivity contribution in [1.82, 2.24) is 10.6 Å². The number of carbonyl (C=O) groups excluding carboxylic acids is 1. The van der Waals surface area contributed by atoms with Crippen LogP contribution < -0.4 is 10.6 Å². The lowest BCUT2D eigenvalue weighted by atomic mass is 10.1. The summed E-state index contributed by atoms with van der Waals surface area (Å²) in [6, 6.07) is 4.18. The average molecular weight is 289 g/mol. The number of nitrogens with one attached hydrogen (secondary N) is 2. The molecule has 106 valence electrons. The minimum absolute atomic E-state index is 0.0526. The molecule has 1 aromatic carbocycles. The van der Waals surface area contributed by atoms with Crippen LogP contribution >= 0.6 is 11.6 Å². The molecule has 0 spiro atoms. The number of carbonyl (C=O) groups is 1. The number of ether oxygens (including phenoxy) is 1. The predicted octanol–water partition coefficient (Wildman–Crippen LogP) is 1.89. The Labute approximate surface area is 117 Å². The van der Waals surface area contributed by atoms with E-state index in [1.165, 1.54) is 12.1 Å². The second-order valence-corrected chi connectivity index (χ2v) is 4.54. The molecular formula is C13H18ClFN2O2. The van der Waals surface area contributed by atoms with Crippen molar-refractivity contribution in [2.24, 2.45) is 0 Å². The molecule has 1 rings (SSSR count). The SMILES string of the molecule is COCCNCC(=O)NC(C)c1ccc(F)c(Cl)c1. The summed E-state index contributed by atoms with van der Waals surface area (Å²) < 4.78 is 17.9. The Balaban J connectivity index is 2.43. The van der Waals surface area contributed by atoms with Gasteiger partial charge in [-0.2, -0.15) is 0 Å². The highest BCUT2D eigenvalue weighted by Crippen LogP contribution is 2.20. The van der Waals surface area contributed by atoms with Gasteiger partial charge in [0.1, 0.15) is 5.82 Å². The molecule has 0 fully saturated rings. The zero-order valence-electron chi connectivity index (χ0n) is 11.0. The van der Waals surface area contributed by atoms with E-state index in [1.807, 2.05) is 6.92 Å². The van der Waals surface area contributed by atoms with E-state index in [0.29, 0.717) is 13.2 Å². The molecule has 0 saturated carbocycles. The summed E-state index contributed by atoms with van der Waals surface area (Å²) in [6.45, 7) is 3.19. The Bertz CT molecular complexity index is 429. The molecule has 1 atom stereocenters. The molecule has 2 N–H and O–H groups in total. The Morgan fingerprint density at radius 1 is 1.53 bits per heavy atom. The first kappa shape index (κ1) is 15.9. The van der Waals surface area contributed by atoms with Gasteiger partial charge in [0.05, 0.1) is 24.2 Å². The van der Waals surface area contributed by atoms with Crippen molar-refractivity contribution in [3.05, 3.63) is 34.6 Å². The molecular weight excluding hydrogens is 271 g/mol. The number of hydrogen-bond donors (Lipinski definition) is 2. The fourth-order valence-electron chi connectivity index (χ4n) is 1.53. The van der Waals surface area contributed by atoms with E-state index < -0.39 is 5.82 Å². The number of halogens is 2. The van der Waals surface area contributed by atoms with Gasteiger partial charge in [-0.05, 0) is 24.6 Å². The van der Waals surface area contributed by atoms with Crippen LogP contribution in [0.5, 0.6) is 0 Å². The molecule has 19 heavy (non-hydrogen) atoms. The third-order valence-electron chi connectivity index (χ3n) is 2.59. The summed E-state index contributed by atoms with van der Waals surface area (Å²) >= 11 is 5.70. The maximum absolute atomic E-state index is 13.0. The summed E-state index contributed by atoms with van der Waals surface area (Å²) in [7, 11) is 1.60. The first-order chi connectivity index (χ1) is 9.04. The molecule has 0 heterocycles. The van der Waals surface area contributed by atoms with Gasteiger partial charge in [-0.15, -0.1) is 0 Å². The summed E-state index contributed by atoms with van der Waals surface area (Å²) in [6.07, 6.45) is 0. The number of methoxy groups -OCH3 is 1. The van der Waals surface area contributed by atoms with E-state index in [2.05, 4.69) is 10.6 Å². The molecule has 0 bridgehead atoms. The molecule has 1 aromatic rings. The highest BCUT2D eigenvalue weighted by atomic mass is 35.5. The van der Waals surface area contributed by atoms with Crippen LogP contribution in [0.3, 0.4) is 0 Å². The molecule has 0 saturated heterocycles. The lowest BCUT2D eigenvalue weighted by molar-refractivity contribution is -0.120. The first-order valence-electron chi connectivity index (χ1n) is 5.98. The van der Waals surface area contributed by atoms with Gasteiger partial charge >= 0.3 is 0 Å². The monoisotopic (exact) mass is 288 g/mol. The third kappa shape index (κ3) is 5.55. The van der Waals surface area contributed by atoms with E-state index in [-0.39, 0.29) is 23.5 Å². The minimum atomic E-state index is -0.467. The van der Waals surface area contributed by atoms with Gasteiger partial charge in [-0.1, -0.05) is 17.7 Å². The van der Waals surface area contributed by atoms with Crippen molar-refractivity contribution in [3.63, 3.8) is 0 Å². The highest BCUT2D eigenvalue weighted by molar-refractivity contribution is 6.30. The fourth-order valence-corrected chi connectivity index (χ4v) is 1.72. The van der Waals surface area contributed by atoms with E-state index in [4.69, 9.17) is 16.3 Å². The van der Waals surface area contributed by atoms with E-state index in [9.17, 15) is 9.18 Å². The summed E-state index contributed by atoms with van der Waals surface area (Å²) in [5.41, 5.74) is 0.761. The Morgan fingerprint density at radius 2 is 2.26 bits per heavy atom. The van der Waals surface area contributed by atoms with Crippen molar-refractivity contribution in [1.29, 1.82) is 0 Å². The Hall–Kier alpha value is -1.17. The fraction of sp³-hybridized carbons (Fsp3) is 0.462. The topological polar surface area (TPSA) is 50.4 Å². The van der Waals surface area contributed by atoms with Crippen molar-refractivity contribution in [2.75, 3.05) is 26.8 Å². The van der Waals surface area contributed by atoms with Crippen LogP contribution in [0.2, 0.25) is 5.02 Å². The molecule has 0 aliphatic carbocycles. The van der Waals surface area contributed by atoms with Crippen molar-refractivity contribution < 1.29 is 13.9 Å². The van der Waals surface area contributed by atoms with Gasteiger partial charge in [0, 0.05) is 13.7 Å². The summed E-state index contributed by atoms with van der Waals surface area (Å²) in [5, 5.41) is 5.79. The zero-order chi connectivity index (χ0) is 14.3. The zero-order valence-corrected chi connectivity index (χ0v) is 11.8. The molecule has 0 radical (unpaired) electrons. The largest absolute Gasteiger partial charge is 0.383 e. The molecule has 0 aliphatic rings. The first-order valence-corrected chi connectivity index (χ1v) is 6.36. The lowest BCUT2D eigenvalue weighted by Gasteiger charge is -2.15. The summed E-state index contributed by atoms with van der Waals surface area (Å²) in [4.78, 5) is 11.6. The van der Waals surface area contributed by atoms with Gasteiger partial charge < -0.3 is 15.4 Å². The summed E-state index contributed by atoms with van der Waals surface area (Å²) in [5.74, 6) is -0.603. The smallest absolute Gasteiger partial charge is 0.234 e. The van der Waals surface area contributed by atoms with E-state index in [1.54, 1.807) is 13.2 Å². The maximum Gasteiger partial charge on any atom is 0.234 e. The Morgan fingerprint density at radius 3 is 2.89 bits per heavy atom. The maximum atomic E-state index is 13.0. The van der Waals surface area contributed by atoms with Crippen LogP contribution in [-0.2, 0) is 9.53 Å². The van der Waals surface area contributed by atoms with Gasteiger partial charge in [-0.3, -0.25) is 4.79 Å². The van der Waals surface area contributed by atoms with Crippen molar-refractivity contribution in [3.8, 4) is 0 Å². The highest BCUT2D eigenvalue weighted by Gasteiger charge is 2.11. The van der Waals surface area contributed by atoms with Crippen LogP contribution in [0.25, 0.3) is 0 Å². The molecule has 0 aromatic heterocycles. The number of hydrogen-bond acceptors (Lipinski definition) is 3. The van der Waals surface area contributed by atoms with Crippen LogP contribution in [0.15, 0.2) is 18.2 Å². The Kier molecular flexibility index (Phi) is 6.77. The van der Waals surface area contributed by atoms with Crippen LogP contribution in [0.1, 0.15) is 18.5 Å². The number of benzene rings is 1. The van der Waals surface area contributed by atoms with Crippen molar-refractivity contribution >= 4 is 17.5 Å². The standard InChI is InChI=1S/C13H18ClFN2O2/c1-9(10-3-4-12(15)11(14)7-10)17-13(18)8-16-5-6-19-2/h3-4,7,9,16H,5-6,8H2,1-2H3,(H,17,18). The quantitative estimate of drug-likeness (QED) is 0.754. The lowest BCUT2D eigenvalue weighted by Crippen LogP contribution is -2.36. The second-order valence-electron chi connectivity index (χ2n) is 4.13. The minimum Gasteiger partial charge on any atom is -0.383 e. The van der Waals surface area contributed by atoms with E-state index in [0.717, 1.165) is 5.56 Å². The second kappa shape index (κ2) is 8.09. The average Bonchev–Trinajstić information content (AvgIpc) is 2.38. The molecule has 1 amide bonds. The predicted molar refractivity (Wildman–Crippen MR) is 72.7 cm³/mol. The molecule has 6 heteroatoms. The molecule has 1 unspecified atom stereocenters. The number of rotatable bonds is 7. The van der Waals surface area contributed by atoms with Crippen LogP contribution in [-0.4, -0.2) is 32.7 Å². The van der Waals surface area contributed by atoms with Gasteiger partial charge in [0.2, 0.25) is 5.91 Å².